The van der Waals surface area contributed by atoms with E-state index in [2.05, 4.69) is 17.4 Å². The van der Waals surface area contributed by atoms with Crippen molar-refractivity contribution < 1.29 is 14.4 Å². The summed E-state index contributed by atoms with van der Waals surface area (Å²) in [6.07, 6.45) is 2.96. The van der Waals surface area contributed by atoms with Crippen LogP contribution in [0.1, 0.15) is 18.4 Å². The third-order valence-electron chi connectivity index (χ3n) is 4.56. The molecule has 23 heavy (non-hydrogen) atoms. The monoisotopic (exact) mass is 315 g/mol. The maximum atomic E-state index is 12.3. The first-order chi connectivity index (χ1) is 11.1. The van der Waals surface area contributed by atoms with E-state index in [0.717, 1.165) is 24.2 Å². The fourth-order valence-electron chi connectivity index (χ4n) is 3.18. The molecule has 1 aromatic rings. The molecule has 0 aromatic heterocycles. The lowest BCUT2D eigenvalue weighted by Crippen LogP contribution is -2.46. The van der Waals surface area contributed by atoms with Crippen LogP contribution in [-0.4, -0.2) is 53.8 Å². The second kappa shape index (κ2) is 6.81. The molecular formula is C17H21N3O3. The molecule has 4 amide bonds. The van der Waals surface area contributed by atoms with Crippen molar-refractivity contribution in [1.82, 2.24) is 15.1 Å². The molecule has 0 unspecified atom stereocenters. The molecule has 2 aliphatic heterocycles. The fraction of sp³-hybridized carbons (Fsp3) is 0.471. The number of carbonyl (C=O) groups is 3. The number of rotatable bonds is 4. The maximum Gasteiger partial charge on any atom is 0.325 e. The zero-order chi connectivity index (χ0) is 16.2. The Morgan fingerprint density at radius 3 is 2.43 bits per heavy atom. The van der Waals surface area contributed by atoms with Gasteiger partial charge in [-0.3, -0.25) is 14.5 Å². The number of piperidine rings is 1. The Labute approximate surface area is 135 Å². The Balaban J connectivity index is 1.48. The van der Waals surface area contributed by atoms with Gasteiger partial charge in [0.05, 0.1) is 6.54 Å². The molecule has 0 aliphatic carbocycles. The van der Waals surface area contributed by atoms with Crippen LogP contribution in [0.5, 0.6) is 0 Å². The summed E-state index contributed by atoms with van der Waals surface area (Å²) >= 11 is 0. The number of urea groups is 1. The van der Waals surface area contributed by atoms with Gasteiger partial charge in [0.1, 0.15) is 6.54 Å². The SMILES string of the molecule is O=C(CN1C(=O)CNC1=O)N1CCC(Cc2ccccc2)CC1. The summed E-state index contributed by atoms with van der Waals surface area (Å²) < 4.78 is 0. The molecule has 6 heteroatoms. The fourth-order valence-corrected chi connectivity index (χ4v) is 3.18. The van der Waals surface area contributed by atoms with Gasteiger partial charge in [-0.15, -0.1) is 0 Å². The van der Waals surface area contributed by atoms with E-state index in [1.54, 1.807) is 4.90 Å². The van der Waals surface area contributed by atoms with E-state index in [1.165, 1.54) is 5.56 Å². The van der Waals surface area contributed by atoms with Crippen molar-refractivity contribution in [3.05, 3.63) is 35.9 Å². The molecule has 122 valence electrons. The highest BCUT2D eigenvalue weighted by atomic mass is 16.2. The zero-order valence-corrected chi connectivity index (χ0v) is 13.0. The lowest BCUT2D eigenvalue weighted by Gasteiger charge is -2.32. The molecule has 1 N–H and O–H groups in total. The summed E-state index contributed by atoms with van der Waals surface area (Å²) in [5, 5.41) is 2.43. The molecule has 1 aromatic carbocycles. The average molecular weight is 315 g/mol. The van der Waals surface area contributed by atoms with E-state index in [9.17, 15) is 14.4 Å². The Bertz CT molecular complexity index is 578. The van der Waals surface area contributed by atoms with Crippen molar-refractivity contribution in [3.63, 3.8) is 0 Å². The third-order valence-corrected chi connectivity index (χ3v) is 4.56. The van der Waals surface area contributed by atoms with Crippen molar-refractivity contribution in [2.45, 2.75) is 19.3 Å². The van der Waals surface area contributed by atoms with Gasteiger partial charge in [-0.05, 0) is 30.7 Å². The lowest BCUT2D eigenvalue weighted by atomic mass is 9.90. The predicted octanol–water partition coefficient (Wildman–Crippen LogP) is 1.02. The molecule has 2 heterocycles. The van der Waals surface area contributed by atoms with Crippen LogP contribution in [0.25, 0.3) is 0 Å². The molecule has 0 spiro atoms. The second-order valence-corrected chi connectivity index (χ2v) is 6.15. The minimum atomic E-state index is -0.470. The van der Waals surface area contributed by atoms with Crippen LogP contribution in [0.2, 0.25) is 0 Å². The first kappa shape index (κ1) is 15.5. The molecule has 6 nitrogen and oxygen atoms in total. The van der Waals surface area contributed by atoms with Crippen LogP contribution in [0.4, 0.5) is 4.79 Å². The summed E-state index contributed by atoms with van der Waals surface area (Å²) in [7, 11) is 0. The quantitative estimate of drug-likeness (QED) is 0.843. The highest BCUT2D eigenvalue weighted by Gasteiger charge is 2.32. The van der Waals surface area contributed by atoms with Crippen LogP contribution in [-0.2, 0) is 16.0 Å². The van der Waals surface area contributed by atoms with Crippen molar-refractivity contribution in [2.75, 3.05) is 26.2 Å². The van der Waals surface area contributed by atoms with Gasteiger partial charge >= 0.3 is 6.03 Å². The molecule has 0 bridgehead atoms. The summed E-state index contributed by atoms with van der Waals surface area (Å²) in [5.74, 6) is 0.106. The van der Waals surface area contributed by atoms with Gasteiger partial charge in [0.15, 0.2) is 0 Å². The Hall–Kier alpha value is -2.37. The number of imide groups is 1. The number of nitrogens with one attached hydrogen (secondary N) is 1. The minimum absolute atomic E-state index is 0.00867. The van der Waals surface area contributed by atoms with Crippen molar-refractivity contribution in [3.8, 4) is 0 Å². The van der Waals surface area contributed by atoms with Gasteiger partial charge < -0.3 is 10.2 Å². The van der Waals surface area contributed by atoms with Gasteiger partial charge in [-0.25, -0.2) is 4.79 Å². The Morgan fingerprint density at radius 1 is 1.13 bits per heavy atom. The van der Waals surface area contributed by atoms with Crippen LogP contribution >= 0.6 is 0 Å². The van der Waals surface area contributed by atoms with Crippen LogP contribution in [0.15, 0.2) is 30.3 Å². The molecular weight excluding hydrogens is 294 g/mol. The van der Waals surface area contributed by atoms with E-state index in [-0.39, 0.29) is 24.9 Å². The van der Waals surface area contributed by atoms with Gasteiger partial charge in [0, 0.05) is 13.1 Å². The normalized spacial score (nSPS) is 19.1. The Kier molecular flexibility index (Phi) is 4.60. The van der Waals surface area contributed by atoms with Crippen molar-refractivity contribution in [2.24, 2.45) is 5.92 Å². The second-order valence-electron chi connectivity index (χ2n) is 6.15. The number of likely N-dealkylation sites (tertiary alicyclic amines) is 1. The van der Waals surface area contributed by atoms with E-state index in [0.29, 0.717) is 19.0 Å². The van der Waals surface area contributed by atoms with E-state index in [4.69, 9.17) is 0 Å². The molecule has 2 fully saturated rings. The molecule has 0 saturated carbocycles. The first-order valence-electron chi connectivity index (χ1n) is 8.03. The third kappa shape index (κ3) is 3.70. The standard InChI is InChI=1S/C17H21N3O3/c21-15-11-18-17(23)20(15)12-16(22)19-8-6-14(7-9-19)10-13-4-2-1-3-5-13/h1-5,14H,6-12H2,(H,18,23). The molecule has 2 aliphatic rings. The number of hydrogen-bond donors (Lipinski definition) is 1. The summed E-state index contributed by atoms with van der Waals surface area (Å²) in [4.78, 5) is 38.0. The van der Waals surface area contributed by atoms with Crippen molar-refractivity contribution >= 4 is 17.8 Å². The summed E-state index contributed by atoms with van der Waals surface area (Å²) in [5.41, 5.74) is 1.33. The molecule has 2 saturated heterocycles. The highest BCUT2D eigenvalue weighted by Crippen LogP contribution is 2.21. The van der Waals surface area contributed by atoms with E-state index >= 15 is 0 Å². The lowest BCUT2D eigenvalue weighted by molar-refractivity contribution is -0.137. The van der Waals surface area contributed by atoms with E-state index in [1.807, 2.05) is 18.2 Å². The average Bonchev–Trinajstić information content (AvgIpc) is 2.88. The molecule has 0 atom stereocenters. The predicted molar refractivity (Wildman–Crippen MR) is 84.6 cm³/mol. The van der Waals surface area contributed by atoms with E-state index < -0.39 is 6.03 Å². The highest BCUT2D eigenvalue weighted by molar-refractivity contribution is 6.04. The number of hydrogen-bond acceptors (Lipinski definition) is 3. The first-order valence-corrected chi connectivity index (χ1v) is 8.03. The van der Waals surface area contributed by atoms with Gasteiger partial charge in [0.2, 0.25) is 5.91 Å². The number of carbonyl (C=O) groups excluding carboxylic acids is 3. The molecule has 0 radical (unpaired) electrons. The smallest absolute Gasteiger partial charge is 0.325 e. The van der Waals surface area contributed by atoms with Crippen LogP contribution in [0.3, 0.4) is 0 Å². The van der Waals surface area contributed by atoms with Gasteiger partial charge in [-0.1, -0.05) is 30.3 Å². The van der Waals surface area contributed by atoms with Gasteiger partial charge in [0.25, 0.3) is 5.91 Å². The minimum Gasteiger partial charge on any atom is -0.341 e. The maximum absolute atomic E-state index is 12.3. The zero-order valence-electron chi connectivity index (χ0n) is 13.0. The van der Waals surface area contributed by atoms with Crippen molar-refractivity contribution in [1.29, 1.82) is 0 Å². The largest absolute Gasteiger partial charge is 0.341 e. The number of benzene rings is 1. The topological polar surface area (TPSA) is 69.7 Å². The van der Waals surface area contributed by atoms with Crippen LogP contribution < -0.4 is 5.32 Å². The molecule has 3 rings (SSSR count). The van der Waals surface area contributed by atoms with Gasteiger partial charge in [-0.2, -0.15) is 0 Å². The van der Waals surface area contributed by atoms with Crippen LogP contribution in [0, 0.1) is 5.92 Å². The summed E-state index contributed by atoms with van der Waals surface area (Å²) in [6.45, 7) is 1.24. The number of amides is 4. The number of nitrogens with zero attached hydrogens (tertiary/aromatic N) is 2. The Morgan fingerprint density at radius 2 is 1.83 bits per heavy atom. The summed E-state index contributed by atoms with van der Waals surface area (Å²) in [6, 6.07) is 9.91.